The van der Waals surface area contributed by atoms with Crippen molar-refractivity contribution in [1.29, 1.82) is 0 Å². The van der Waals surface area contributed by atoms with E-state index in [0.29, 0.717) is 10.5 Å². The summed E-state index contributed by atoms with van der Waals surface area (Å²) in [6, 6.07) is 5.26. The SMILES string of the molecule is COc1cccc2c1[nH]c(=S)n2C(C)C(=O)NC(C)(C)C. The number of carbonyl (C=O) groups excluding carboxylic acids is 1. The third kappa shape index (κ3) is 3.10. The van der Waals surface area contributed by atoms with Crippen LogP contribution in [0.25, 0.3) is 11.0 Å². The van der Waals surface area contributed by atoms with Gasteiger partial charge < -0.3 is 19.6 Å². The van der Waals surface area contributed by atoms with Crippen molar-refractivity contribution >= 4 is 29.2 Å². The molecule has 1 atom stereocenters. The second-order valence-corrected chi connectivity index (χ2v) is 6.46. The number of aromatic nitrogens is 2. The van der Waals surface area contributed by atoms with Gasteiger partial charge in [0.1, 0.15) is 17.3 Å². The first kappa shape index (κ1) is 15.6. The van der Waals surface area contributed by atoms with Gasteiger partial charge in [0.25, 0.3) is 0 Å². The maximum absolute atomic E-state index is 12.4. The highest BCUT2D eigenvalue weighted by molar-refractivity contribution is 7.71. The average Bonchev–Trinajstić information content (AvgIpc) is 2.71. The van der Waals surface area contributed by atoms with Crippen LogP contribution in [0.2, 0.25) is 0 Å². The fourth-order valence-corrected chi connectivity index (χ4v) is 2.63. The van der Waals surface area contributed by atoms with E-state index in [1.165, 1.54) is 0 Å². The molecule has 5 nitrogen and oxygen atoms in total. The smallest absolute Gasteiger partial charge is 0.243 e. The molecule has 1 aromatic heterocycles. The van der Waals surface area contributed by atoms with E-state index in [2.05, 4.69) is 10.3 Å². The molecule has 1 heterocycles. The lowest BCUT2D eigenvalue weighted by atomic mass is 10.1. The zero-order valence-electron chi connectivity index (χ0n) is 13.0. The Hall–Kier alpha value is -1.82. The van der Waals surface area contributed by atoms with Crippen molar-refractivity contribution in [3.63, 3.8) is 0 Å². The molecule has 0 saturated heterocycles. The fourth-order valence-electron chi connectivity index (χ4n) is 2.27. The number of rotatable bonds is 3. The quantitative estimate of drug-likeness (QED) is 0.856. The summed E-state index contributed by atoms with van der Waals surface area (Å²) in [7, 11) is 1.61. The van der Waals surface area contributed by atoms with Crippen LogP contribution in [0.5, 0.6) is 5.75 Å². The number of nitrogens with zero attached hydrogens (tertiary/aromatic N) is 1. The number of ether oxygens (including phenoxy) is 1. The molecule has 0 bridgehead atoms. The molecule has 1 unspecified atom stereocenters. The highest BCUT2D eigenvalue weighted by Gasteiger charge is 2.23. The molecule has 0 fully saturated rings. The lowest BCUT2D eigenvalue weighted by Gasteiger charge is -2.24. The minimum atomic E-state index is -0.405. The van der Waals surface area contributed by atoms with E-state index in [9.17, 15) is 4.79 Å². The van der Waals surface area contributed by atoms with Crippen LogP contribution in [0.15, 0.2) is 18.2 Å². The lowest BCUT2D eigenvalue weighted by molar-refractivity contribution is -0.125. The molecule has 1 amide bonds. The summed E-state index contributed by atoms with van der Waals surface area (Å²) in [5, 5.41) is 2.98. The molecule has 114 valence electrons. The number of fused-ring (bicyclic) bond motifs is 1. The minimum Gasteiger partial charge on any atom is -0.494 e. The van der Waals surface area contributed by atoms with Crippen LogP contribution in [0, 0.1) is 4.77 Å². The third-order valence-corrected chi connectivity index (χ3v) is 3.50. The summed E-state index contributed by atoms with van der Waals surface area (Å²) in [5.74, 6) is 0.642. The van der Waals surface area contributed by atoms with Crippen LogP contribution >= 0.6 is 12.2 Å². The van der Waals surface area contributed by atoms with E-state index in [4.69, 9.17) is 17.0 Å². The van der Waals surface area contributed by atoms with Gasteiger partial charge in [0.05, 0.1) is 12.6 Å². The largest absolute Gasteiger partial charge is 0.494 e. The van der Waals surface area contributed by atoms with Crippen molar-refractivity contribution in [2.75, 3.05) is 7.11 Å². The number of amides is 1. The number of carbonyl (C=O) groups is 1. The van der Waals surface area contributed by atoms with Gasteiger partial charge in [-0.15, -0.1) is 0 Å². The highest BCUT2D eigenvalue weighted by atomic mass is 32.1. The number of imidazole rings is 1. The Morgan fingerprint density at radius 3 is 2.67 bits per heavy atom. The molecular formula is C15H21N3O2S. The first-order valence-electron chi connectivity index (χ1n) is 6.84. The summed E-state index contributed by atoms with van der Waals surface area (Å²) < 4.78 is 7.64. The van der Waals surface area contributed by atoms with Crippen molar-refractivity contribution < 1.29 is 9.53 Å². The van der Waals surface area contributed by atoms with Crippen molar-refractivity contribution in [2.45, 2.75) is 39.3 Å². The van der Waals surface area contributed by atoms with Gasteiger partial charge in [-0.3, -0.25) is 4.79 Å². The first-order chi connectivity index (χ1) is 9.74. The number of nitrogens with one attached hydrogen (secondary N) is 2. The minimum absolute atomic E-state index is 0.0673. The van der Waals surface area contributed by atoms with Crippen molar-refractivity contribution in [2.24, 2.45) is 0 Å². The standard InChI is InChI=1S/C15H21N3O2S/c1-9(13(19)17-15(2,3)4)18-10-7-6-8-11(20-5)12(10)16-14(18)21/h6-9H,1-5H3,(H,16,21)(H,17,19). The van der Waals surface area contributed by atoms with Crippen molar-refractivity contribution in [1.82, 2.24) is 14.9 Å². The molecule has 0 spiro atoms. The Labute approximate surface area is 129 Å². The van der Waals surface area contributed by atoms with Gasteiger partial charge in [-0.2, -0.15) is 0 Å². The topological polar surface area (TPSA) is 59.0 Å². The molecule has 0 radical (unpaired) electrons. The first-order valence-corrected chi connectivity index (χ1v) is 7.24. The highest BCUT2D eigenvalue weighted by Crippen LogP contribution is 2.27. The number of methoxy groups -OCH3 is 1. The number of hydrogen-bond acceptors (Lipinski definition) is 3. The summed E-state index contributed by atoms with van der Waals surface area (Å²) in [6.07, 6.45) is 0. The molecule has 2 N–H and O–H groups in total. The van der Waals surface area contributed by atoms with E-state index in [0.717, 1.165) is 11.0 Å². The summed E-state index contributed by atoms with van der Waals surface area (Å²) in [6.45, 7) is 7.70. The molecule has 0 saturated carbocycles. The van der Waals surface area contributed by atoms with Crippen LogP contribution in [-0.4, -0.2) is 28.1 Å². The maximum Gasteiger partial charge on any atom is 0.243 e. The van der Waals surface area contributed by atoms with Gasteiger partial charge in [-0.25, -0.2) is 0 Å². The number of hydrogen-bond donors (Lipinski definition) is 2. The number of aromatic amines is 1. The second-order valence-electron chi connectivity index (χ2n) is 6.07. The molecule has 1 aromatic carbocycles. The predicted octanol–water partition coefficient (Wildman–Crippen LogP) is 3.18. The zero-order chi connectivity index (χ0) is 15.8. The van der Waals surface area contributed by atoms with Crippen LogP contribution in [-0.2, 0) is 4.79 Å². The van der Waals surface area contributed by atoms with Gasteiger partial charge in [0.2, 0.25) is 5.91 Å². The number of benzene rings is 1. The molecule has 0 aliphatic heterocycles. The maximum atomic E-state index is 12.4. The number of para-hydroxylation sites is 1. The Balaban J connectivity index is 2.49. The van der Waals surface area contributed by atoms with E-state index < -0.39 is 6.04 Å². The van der Waals surface area contributed by atoms with Gasteiger partial charge in [0, 0.05) is 5.54 Å². The Kier molecular flexibility index (Phi) is 4.09. The molecular weight excluding hydrogens is 286 g/mol. The van der Waals surface area contributed by atoms with Crippen molar-refractivity contribution in [3.05, 3.63) is 23.0 Å². The predicted molar refractivity (Wildman–Crippen MR) is 86.3 cm³/mol. The third-order valence-electron chi connectivity index (χ3n) is 3.20. The van der Waals surface area contributed by atoms with Crippen molar-refractivity contribution in [3.8, 4) is 5.75 Å². The van der Waals surface area contributed by atoms with Crippen LogP contribution < -0.4 is 10.1 Å². The van der Waals surface area contributed by atoms with E-state index >= 15 is 0 Å². The van der Waals surface area contributed by atoms with Crippen LogP contribution in [0.3, 0.4) is 0 Å². The zero-order valence-corrected chi connectivity index (χ0v) is 13.8. The summed E-state index contributed by atoms with van der Waals surface area (Å²) in [5.41, 5.74) is 1.38. The Morgan fingerprint density at radius 1 is 1.43 bits per heavy atom. The summed E-state index contributed by atoms with van der Waals surface area (Å²) >= 11 is 5.37. The van der Waals surface area contributed by atoms with E-state index in [1.54, 1.807) is 7.11 Å². The molecule has 0 aliphatic rings. The van der Waals surface area contributed by atoms with E-state index in [-0.39, 0.29) is 11.4 Å². The Morgan fingerprint density at radius 2 is 2.10 bits per heavy atom. The fraction of sp³-hybridized carbons (Fsp3) is 0.467. The lowest BCUT2D eigenvalue weighted by Crippen LogP contribution is -2.43. The van der Waals surface area contributed by atoms with Crippen LogP contribution in [0.1, 0.15) is 33.7 Å². The number of H-pyrrole nitrogens is 1. The Bertz CT molecular complexity index is 725. The molecule has 2 rings (SSSR count). The monoisotopic (exact) mass is 307 g/mol. The summed E-state index contributed by atoms with van der Waals surface area (Å²) in [4.78, 5) is 15.5. The normalized spacial score (nSPS) is 13.2. The van der Waals surface area contributed by atoms with Gasteiger partial charge >= 0.3 is 0 Å². The average molecular weight is 307 g/mol. The second kappa shape index (κ2) is 5.52. The van der Waals surface area contributed by atoms with Crippen LogP contribution in [0.4, 0.5) is 0 Å². The molecule has 2 aromatic rings. The molecule has 0 aliphatic carbocycles. The van der Waals surface area contributed by atoms with E-state index in [1.807, 2.05) is 50.5 Å². The van der Waals surface area contributed by atoms with Gasteiger partial charge in [-0.1, -0.05) is 6.07 Å². The molecule has 6 heteroatoms. The van der Waals surface area contributed by atoms with Gasteiger partial charge in [-0.05, 0) is 52.0 Å². The van der Waals surface area contributed by atoms with Gasteiger partial charge in [0.15, 0.2) is 4.77 Å². The molecule has 21 heavy (non-hydrogen) atoms.